The van der Waals surface area contributed by atoms with Gasteiger partial charge in [0.1, 0.15) is 12.1 Å². The van der Waals surface area contributed by atoms with Crippen molar-refractivity contribution in [2.45, 2.75) is 19.0 Å². The molecular formula is C8H10N2O3S. The van der Waals surface area contributed by atoms with E-state index in [1.807, 2.05) is 6.07 Å². The summed E-state index contributed by atoms with van der Waals surface area (Å²) in [6.07, 6.45) is 0. The molecule has 2 unspecified atom stereocenters. The van der Waals surface area contributed by atoms with Crippen molar-refractivity contribution in [1.29, 1.82) is 5.26 Å². The molecule has 0 aromatic heterocycles. The minimum absolute atomic E-state index is 0.354. The fourth-order valence-corrected chi connectivity index (χ4v) is 2.52. The number of nitriles is 1. The molecule has 0 radical (unpaired) electrons. The lowest BCUT2D eigenvalue weighted by Gasteiger charge is -2.35. The van der Waals surface area contributed by atoms with E-state index in [4.69, 9.17) is 10.4 Å². The highest BCUT2D eigenvalue weighted by atomic mass is 32.2. The third-order valence-corrected chi connectivity index (χ3v) is 3.12. The SMILES string of the molecule is CC(=O)N1C(C#N)CSCC1C(=O)O. The Morgan fingerprint density at radius 2 is 2.21 bits per heavy atom. The van der Waals surface area contributed by atoms with Crippen LogP contribution in [0, 0.1) is 11.3 Å². The maximum atomic E-state index is 11.2. The Hall–Kier alpha value is -1.22. The number of hydrogen-bond donors (Lipinski definition) is 1. The second-order valence-corrected chi connectivity index (χ2v) is 4.04. The van der Waals surface area contributed by atoms with Crippen molar-refractivity contribution < 1.29 is 14.7 Å². The van der Waals surface area contributed by atoms with Crippen molar-refractivity contribution in [2.75, 3.05) is 11.5 Å². The zero-order valence-corrected chi connectivity index (χ0v) is 8.45. The highest BCUT2D eigenvalue weighted by molar-refractivity contribution is 7.99. The van der Waals surface area contributed by atoms with Crippen LogP contribution in [-0.2, 0) is 9.59 Å². The molecular weight excluding hydrogens is 204 g/mol. The Bertz CT molecular complexity index is 299. The summed E-state index contributed by atoms with van der Waals surface area (Å²) in [5.74, 6) is -0.565. The number of thioether (sulfide) groups is 1. The number of carboxylic acids is 1. The molecule has 1 saturated heterocycles. The molecule has 0 aliphatic carbocycles. The summed E-state index contributed by atoms with van der Waals surface area (Å²) in [4.78, 5) is 23.2. The van der Waals surface area contributed by atoms with Crippen LogP contribution in [0.15, 0.2) is 0 Å². The molecule has 1 amide bonds. The van der Waals surface area contributed by atoms with E-state index in [0.717, 1.165) is 4.90 Å². The molecule has 2 atom stereocenters. The van der Waals surface area contributed by atoms with Gasteiger partial charge in [-0.15, -0.1) is 0 Å². The summed E-state index contributed by atoms with van der Waals surface area (Å²) < 4.78 is 0. The van der Waals surface area contributed by atoms with Crippen LogP contribution in [0.2, 0.25) is 0 Å². The number of amides is 1. The summed E-state index contributed by atoms with van der Waals surface area (Å²) >= 11 is 1.39. The maximum Gasteiger partial charge on any atom is 0.327 e. The smallest absolute Gasteiger partial charge is 0.327 e. The van der Waals surface area contributed by atoms with Gasteiger partial charge >= 0.3 is 5.97 Å². The number of carbonyl (C=O) groups is 2. The van der Waals surface area contributed by atoms with E-state index in [9.17, 15) is 9.59 Å². The summed E-state index contributed by atoms with van der Waals surface area (Å²) in [6, 6.07) is 0.458. The lowest BCUT2D eigenvalue weighted by atomic mass is 10.2. The number of rotatable bonds is 1. The fourth-order valence-electron chi connectivity index (χ4n) is 1.40. The van der Waals surface area contributed by atoms with Gasteiger partial charge < -0.3 is 10.0 Å². The Morgan fingerprint density at radius 1 is 1.57 bits per heavy atom. The lowest BCUT2D eigenvalue weighted by molar-refractivity contribution is -0.149. The first kappa shape index (κ1) is 10.9. The van der Waals surface area contributed by atoms with E-state index < -0.39 is 18.1 Å². The second kappa shape index (κ2) is 4.33. The van der Waals surface area contributed by atoms with Crippen LogP contribution in [0.4, 0.5) is 0 Å². The zero-order chi connectivity index (χ0) is 10.7. The van der Waals surface area contributed by atoms with Crippen molar-refractivity contribution >= 4 is 23.6 Å². The van der Waals surface area contributed by atoms with Gasteiger partial charge in [0.05, 0.1) is 6.07 Å². The van der Waals surface area contributed by atoms with Crippen molar-refractivity contribution in [3.05, 3.63) is 0 Å². The van der Waals surface area contributed by atoms with E-state index >= 15 is 0 Å². The third kappa shape index (κ3) is 1.99. The Kier molecular flexibility index (Phi) is 3.36. The zero-order valence-electron chi connectivity index (χ0n) is 7.64. The first-order chi connectivity index (χ1) is 6.57. The van der Waals surface area contributed by atoms with E-state index in [1.165, 1.54) is 18.7 Å². The normalized spacial score (nSPS) is 26.7. The van der Waals surface area contributed by atoms with Gasteiger partial charge in [-0.25, -0.2) is 4.79 Å². The lowest BCUT2D eigenvalue weighted by Crippen LogP contribution is -2.54. The predicted molar refractivity (Wildman–Crippen MR) is 50.7 cm³/mol. The fraction of sp³-hybridized carbons (Fsp3) is 0.625. The summed E-state index contributed by atoms with van der Waals surface area (Å²) in [5.41, 5.74) is 0. The minimum Gasteiger partial charge on any atom is -0.480 e. The largest absolute Gasteiger partial charge is 0.480 e. The molecule has 1 N–H and O–H groups in total. The average molecular weight is 214 g/mol. The van der Waals surface area contributed by atoms with Crippen LogP contribution >= 0.6 is 11.8 Å². The molecule has 5 nitrogen and oxygen atoms in total. The molecule has 14 heavy (non-hydrogen) atoms. The highest BCUT2D eigenvalue weighted by Gasteiger charge is 2.37. The summed E-state index contributed by atoms with van der Waals surface area (Å²) in [5, 5.41) is 17.6. The van der Waals surface area contributed by atoms with Crippen molar-refractivity contribution in [2.24, 2.45) is 0 Å². The summed E-state index contributed by atoms with van der Waals surface area (Å²) in [7, 11) is 0. The van der Waals surface area contributed by atoms with Crippen LogP contribution in [0.25, 0.3) is 0 Å². The van der Waals surface area contributed by atoms with E-state index in [-0.39, 0.29) is 5.91 Å². The molecule has 0 aromatic rings. The number of aliphatic carboxylic acids is 1. The van der Waals surface area contributed by atoms with Crippen LogP contribution in [-0.4, -0.2) is 45.5 Å². The molecule has 0 bridgehead atoms. The standard InChI is InChI=1S/C8H10N2O3S/c1-5(11)10-6(2-9)3-14-4-7(10)8(12)13/h6-7H,3-4H2,1H3,(H,12,13). The minimum atomic E-state index is -1.05. The molecule has 1 fully saturated rings. The molecule has 6 heteroatoms. The van der Waals surface area contributed by atoms with Crippen LogP contribution < -0.4 is 0 Å². The molecule has 1 aliphatic heterocycles. The summed E-state index contributed by atoms with van der Waals surface area (Å²) in [6.45, 7) is 1.29. The van der Waals surface area contributed by atoms with Gasteiger partial charge in [0.15, 0.2) is 0 Å². The first-order valence-electron chi connectivity index (χ1n) is 4.07. The van der Waals surface area contributed by atoms with Crippen LogP contribution in [0.1, 0.15) is 6.92 Å². The monoisotopic (exact) mass is 214 g/mol. The topological polar surface area (TPSA) is 81.4 Å². The third-order valence-electron chi connectivity index (χ3n) is 2.02. The van der Waals surface area contributed by atoms with E-state index in [1.54, 1.807) is 0 Å². The van der Waals surface area contributed by atoms with Crippen molar-refractivity contribution in [3.63, 3.8) is 0 Å². The van der Waals surface area contributed by atoms with Gasteiger partial charge in [-0.2, -0.15) is 17.0 Å². The number of carboxylic acid groups (broad SMARTS) is 1. The number of nitrogens with zero attached hydrogens (tertiary/aromatic N) is 2. The Labute approximate surface area is 85.7 Å². The van der Waals surface area contributed by atoms with Crippen molar-refractivity contribution in [3.8, 4) is 6.07 Å². The van der Waals surface area contributed by atoms with Gasteiger partial charge in [0.25, 0.3) is 0 Å². The number of hydrogen-bond acceptors (Lipinski definition) is 4. The predicted octanol–water partition coefficient (Wildman–Crippen LogP) is -0.0729. The van der Waals surface area contributed by atoms with Crippen molar-refractivity contribution in [1.82, 2.24) is 4.90 Å². The highest BCUT2D eigenvalue weighted by Crippen LogP contribution is 2.21. The molecule has 0 spiro atoms. The molecule has 0 aromatic carbocycles. The molecule has 1 heterocycles. The molecule has 0 saturated carbocycles. The van der Waals surface area contributed by atoms with Crippen LogP contribution in [0.3, 0.4) is 0 Å². The van der Waals surface area contributed by atoms with Crippen LogP contribution in [0.5, 0.6) is 0 Å². The van der Waals surface area contributed by atoms with Gasteiger partial charge in [-0.1, -0.05) is 0 Å². The van der Waals surface area contributed by atoms with E-state index in [2.05, 4.69) is 0 Å². The van der Waals surface area contributed by atoms with Gasteiger partial charge in [-0.3, -0.25) is 4.79 Å². The molecule has 1 rings (SSSR count). The quantitative estimate of drug-likeness (QED) is 0.660. The Balaban J connectivity index is 2.90. The maximum absolute atomic E-state index is 11.2. The average Bonchev–Trinajstić information content (AvgIpc) is 2.16. The first-order valence-corrected chi connectivity index (χ1v) is 5.22. The van der Waals surface area contributed by atoms with E-state index in [0.29, 0.717) is 11.5 Å². The molecule has 1 aliphatic rings. The number of carbonyl (C=O) groups excluding carboxylic acids is 1. The van der Waals surface area contributed by atoms with Gasteiger partial charge in [0, 0.05) is 18.4 Å². The molecule has 76 valence electrons. The second-order valence-electron chi connectivity index (χ2n) is 2.96. The Morgan fingerprint density at radius 3 is 2.64 bits per heavy atom. The van der Waals surface area contributed by atoms with Gasteiger partial charge in [-0.05, 0) is 0 Å². The van der Waals surface area contributed by atoms with Gasteiger partial charge in [0.2, 0.25) is 5.91 Å².